The highest BCUT2D eigenvalue weighted by molar-refractivity contribution is 6.02. The molecule has 1 saturated heterocycles. The summed E-state index contributed by atoms with van der Waals surface area (Å²) in [6.07, 6.45) is 2.45. The number of hydrazone groups is 1. The second-order valence-electron chi connectivity index (χ2n) is 10.1. The highest BCUT2D eigenvalue weighted by Gasteiger charge is 2.37. The van der Waals surface area contributed by atoms with Crippen molar-refractivity contribution in [3.8, 4) is 11.5 Å². The zero-order valence-electron chi connectivity index (χ0n) is 23.6. The normalized spacial score (nSPS) is 17.7. The van der Waals surface area contributed by atoms with Crippen LogP contribution in [0, 0.1) is 0 Å². The van der Waals surface area contributed by atoms with E-state index in [-0.39, 0.29) is 24.5 Å². The molecule has 0 bridgehead atoms. The maximum atomic E-state index is 13.9. The summed E-state index contributed by atoms with van der Waals surface area (Å²) in [5.41, 5.74) is 2.51. The van der Waals surface area contributed by atoms with Crippen molar-refractivity contribution >= 4 is 17.6 Å². The fourth-order valence-corrected chi connectivity index (χ4v) is 4.91. The molecule has 11 nitrogen and oxygen atoms in total. The number of rotatable bonds is 10. The summed E-state index contributed by atoms with van der Waals surface area (Å²) in [5.74, 6) is 1.03. The maximum absolute atomic E-state index is 13.9. The molecule has 0 saturated carbocycles. The van der Waals surface area contributed by atoms with E-state index in [2.05, 4.69) is 10.2 Å². The lowest BCUT2D eigenvalue weighted by Gasteiger charge is -2.31. The number of ether oxygens (including phenoxy) is 3. The number of urea groups is 1. The fourth-order valence-electron chi connectivity index (χ4n) is 4.91. The molecule has 4 rings (SSSR count). The molecule has 1 unspecified atom stereocenters. The number of benzene rings is 1. The van der Waals surface area contributed by atoms with Gasteiger partial charge in [-0.05, 0) is 44.2 Å². The van der Waals surface area contributed by atoms with Crippen molar-refractivity contribution in [1.29, 1.82) is 0 Å². The number of carbonyl (C=O) groups is 2. The number of aryl methyl sites for hydroxylation is 1. The summed E-state index contributed by atoms with van der Waals surface area (Å²) in [4.78, 5) is 30.9. The summed E-state index contributed by atoms with van der Waals surface area (Å²) in [7, 11) is 5.16. The van der Waals surface area contributed by atoms with E-state index >= 15 is 0 Å². The van der Waals surface area contributed by atoms with Crippen LogP contribution in [0.25, 0.3) is 0 Å². The predicted octanol–water partition coefficient (Wildman–Crippen LogP) is 2.47. The molecule has 39 heavy (non-hydrogen) atoms. The SMILES string of the molecule is COc1ccc(OC)c(C2CC(c3cccn3C)=NN2C(=O)CN(CCN2CCOCC2)C(=O)NC(C)C)c1. The minimum absolute atomic E-state index is 0.0546. The van der Waals surface area contributed by atoms with Crippen molar-refractivity contribution in [3.05, 3.63) is 47.8 Å². The van der Waals surface area contributed by atoms with E-state index in [0.717, 1.165) is 30.1 Å². The minimum Gasteiger partial charge on any atom is -0.497 e. The average molecular weight is 541 g/mol. The van der Waals surface area contributed by atoms with Gasteiger partial charge in [0.1, 0.15) is 18.0 Å². The summed E-state index contributed by atoms with van der Waals surface area (Å²) in [6, 6.07) is 8.74. The fraction of sp³-hybridized carbons (Fsp3) is 0.536. The monoisotopic (exact) mass is 540 g/mol. The maximum Gasteiger partial charge on any atom is 0.318 e. The van der Waals surface area contributed by atoms with Gasteiger partial charge >= 0.3 is 6.03 Å². The van der Waals surface area contributed by atoms with Gasteiger partial charge < -0.3 is 29.0 Å². The molecule has 0 spiro atoms. The highest BCUT2D eigenvalue weighted by Crippen LogP contribution is 2.39. The molecule has 1 fully saturated rings. The van der Waals surface area contributed by atoms with E-state index in [1.165, 1.54) is 5.01 Å². The topological polar surface area (TPSA) is 101 Å². The van der Waals surface area contributed by atoms with Gasteiger partial charge in [0, 0.05) is 57.4 Å². The van der Waals surface area contributed by atoms with Crippen molar-refractivity contribution in [3.63, 3.8) is 0 Å². The molecule has 3 heterocycles. The lowest BCUT2D eigenvalue weighted by molar-refractivity contribution is -0.133. The molecular formula is C28H40N6O5. The number of nitrogens with zero attached hydrogens (tertiary/aromatic N) is 5. The van der Waals surface area contributed by atoms with Crippen molar-refractivity contribution in [1.82, 2.24) is 24.7 Å². The number of carbonyl (C=O) groups excluding carboxylic acids is 2. The number of methoxy groups -OCH3 is 2. The van der Waals surface area contributed by atoms with Gasteiger partial charge in [-0.1, -0.05) is 0 Å². The Hall–Kier alpha value is -3.57. The van der Waals surface area contributed by atoms with Crippen LogP contribution in [0.1, 0.15) is 37.6 Å². The highest BCUT2D eigenvalue weighted by atomic mass is 16.5. The molecule has 2 aromatic rings. The zero-order valence-corrected chi connectivity index (χ0v) is 23.6. The summed E-state index contributed by atoms with van der Waals surface area (Å²) in [5, 5.41) is 9.24. The minimum atomic E-state index is -0.415. The lowest BCUT2D eigenvalue weighted by Crippen LogP contribution is -2.50. The molecule has 0 radical (unpaired) electrons. The van der Waals surface area contributed by atoms with E-state index in [4.69, 9.17) is 19.3 Å². The van der Waals surface area contributed by atoms with Crippen LogP contribution in [0.2, 0.25) is 0 Å². The van der Waals surface area contributed by atoms with Gasteiger partial charge in [0.05, 0.1) is 44.9 Å². The molecule has 1 aromatic heterocycles. The van der Waals surface area contributed by atoms with Crippen LogP contribution < -0.4 is 14.8 Å². The van der Waals surface area contributed by atoms with Crippen molar-refractivity contribution in [2.24, 2.45) is 12.1 Å². The van der Waals surface area contributed by atoms with E-state index in [1.807, 2.05) is 62.0 Å². The Labute approximate surface area is 230 Å². The number of hydrogen-bond acceptors (Lipinski definition) is 7. The van der Waals surface area contributed by atoms with Crippen LogP contribution >= 0.6 is 0 Å². The van der Waals surface area contributed by atoms with Crippen molar-refractivity contribution < 1.29 is 23.8 Å². The first-order chi connectivity index (χ1) is 18.8. The number of morpholine rings is 1. The molecule has 2 aliphatic heterocycles. The molecule has 11 heteroatoms. The molecule has 3 amide bonds. The van der Waals surface area contributed by atoms with Gasteiger partial charge in [-0.2, -0.15) is 5.10 Å². The van der Waals surface area contributed by atoms with Crippen molar-refractivity contribution in [2.45, 2.75) is 32.4 Å². The largest absolute Gasteiger partial charge is 0.497 e. The van der Waals surface area contributed by atoms with Crippen LogP contribution in [0.3, 0.4) is 0 Å². The van der Waals surface area contributed by atoms with Crippen LogP contribution in [-0.2, 0) is 16.6 Å². The number of amides is 3. The van der Waals surface area contributed by atoms with Gasteiger partial charge in [0.2, 0.25) is 0 Å². The second-order valence-corrected chi connectivity index (χ2v) is 10.1. The first-order valence-corrected chi connectivity index (χ1v) is 13.4. The molecule has 212 valence electrons. The van der Waals surface area contributed by atoms with E-state index in [0.29, 0.717) is 44.2 Å². The Morgan fingerprint density at radius 2 is 1.95 bits per heavy atom. The van der Waals surface area contributed by atoms with Crippen LogP contribution in [-0.4, -0.2) is 103 Å². The van der Waals surface area contributed by atoms with Gasteiger partial charge in [-0.15, -0.1) is 0 Å². The smallest absolute Gasteiger partial charge is 0.318 e. The Kier molecular flexibility index (Phi) is 9.47. The number of aromatic nitrogens is 1. The number of hydrogen-bond donors (Lipinski definition) is 1. The molecular weight excluding hydrogens is 500 g/mol. The molecule has 0 aliphatic carbocycles. The summed E-state index contributed by atoms with van der Waals surface area (Å²) >= 11 is 0. The average Bonchev–Trinajstić information content (AvgIpc) is 3.57. The van der Waals surface area contributed by atoms with Crippen LogP contribution in [0.15, 0.2) is 41.6 Å². The first kappa shape index (κ1) is 28.4. The quantitative estimate of drug-likeness (QED) is 0.497. The van der Waals surface area contributed by atoms with Crippen LogP contribution in [0.4, 0.5) is 4.79 Å². The summed E-state index contributed by atoms with van der Waals surface area (Å²) in [6.45, 7) is 7.74. The Balaban J connectivity index is 1.62. The molecule has 1 atom stereocenters. The van der Waals surface area contributed by atoms with Gasteiger partial charge in [-0.25, -0.2) is 9.80 Å². The van der Waals surface area contributed by atoms with E-state index in [9.17, 15) is 9.59 Å². The van der Waals surface area contributed by atoms with Gasteiger partial charge in [-0.3, -0.25) is 9.69 Å². The first-order valence-electron chi connectivity index (χ1n) is 13.4. The molecule has 1 N–H and O–H groups in total. The van der Waals surface area contributed by atoms with E-state index < -0.39 is 6.04 Å². The van der Waals surface area contributed by atoms with Gasteiger partial charge in [0.15, 0.2) is 0 Å². The molecule has 2 aliphatic rings. The lowest BCUT2D eigenvalue weighted by atomic mass is 9.99. The van der Waals surface area contributed by atoms with Crippen molar-refractivity contribution in [2.75, 3.05) is 60.2 Å². The Morgan fingerprint density at radius 3 is 2.59 bits per heavy atom. The zero-order chi connectivity index (χ0) is 27.9. The summed E-state index contributed by atoms with van der Waals surface area (Å²) < 4.78 is 18.6. The van der Waals surface area contributed by atoms with E-state index in [1.54, 1.807) is 19.1 Å². The third kappa shape index (κ3) is 6.90. The second kappa shape index (κ2) is 13.0. The third-order valence-corrected chi connectivity index (χ3v) is 7.02. The third-order valence-electron chi connectivity index (χ3n) is 7.02. The van der Waals surface area contributed by atoms with Gasteiger partial charge in [0.25, 0.3) is 5.91 Å². The molecule has 1 aromatic carbocycles. The predicted molar refractivity (Wildman–Crippen MR) is 148 cm³/mol. The number of nitrogens with one attached hydrogen (secondary N) is 1. The standard InChI is InChI=1S/C28H40N6O5/c1-20(2)29-28(36)33(12-11-32-13-15-39-16-14-32)19-27(35)34-25(18-23(30-34)24-7-6-10-31(24)3)22-17-21(37-4)8-9-26(22)38-5/h6-10,17,20,25H,11-16,18-19H2,1-5H3,(H,29,36). The Morgan fingerprint density at radius 1 is 1.18 bits per heavy atom. The Bertz CT molecular complexity index is 1170. The van der Waals surface area contributed by atoms with Crippen LogP contribution in [0.5, 0.6) is 11.5 Å².